The highest BCUT2D eigenvalue weighted by molar-refractivity contribution is 7.91. The van der Waals surface area contributed by atoms with Gasteiger partial charge in [0.15, 0.2) is 9.84 Å². The predicted octanol–water partition coefficient (Wildman–Crippen LogP) is 1.65. The molecule has 1 unspecified atom stereocenters. The van der Waals surface area contributed by atoms with E-state index in [4.69, 9.17) is 0 Å². The van der Waals surface area contributed by atoms with Crippen LogP contribution in [0, 0.1) is 6.92 Å². The number of aryl methyl sites for hydroxylation is 1. The van der Waals surface area contributed by atoms with Gasteiger partial charge in [0.25, 0.3) is 0 Å². The molecule has 0 saturated carbocycles. The topological polar surface area (TPSA) is 66.5 Å². The van der Waals surface area contributed by atoms with E-state index in [1.165, 1.54) is 4.90 Å². The second-order valence-corrected chi connectivity index (χ2v) is 7.19. The quantitative estimate of drug-likeness (QED) is 0.897. The molecule has 0 aromatic heterocycles. The average Bonchev–Trinajstić information content (AvgIpc) is 2.71. The van der Waals surface area contributed by atoms with Gasteiger partial charge >= 0.3 is 6.03 Å². The summed E-state index contributed by atoms with van der Waals surface area (Å²) in [6, 6.07) is 6.98. The second kappa shape index (κ2) is 5.21. The number of benzene rings is 1. The summed E-state index contributed by atoms with van der Waals surface area (Å²) >= 11 is 0. The number of urea groups is 1. The van der Waals surface area contributed by atoms with Crippen LogP contribution in [0.3, 0.4) is 0 Å². The SMILES string of the molecule is Cc1ccc(NC(=O)N(C)C2CCS(=O)(=O)C2)cc1. The molecule has 1 aromatic rings. The highest BCUT2D eigenvalue weighted by atomic mass is 32.2. The van der Waals surface area contributed by atoms with Crippen molar-refractivity contribution in [2.75, 3.05) is 23.9 Å². The smallest absolute Gasteiger partial charge is 0.321 e. The lowest BCUT2D eigenvalue weighted by Gasteiger charge is -2.23. The highest BCUT2D eigenvalue weighted by Gasteiger charge is 2.32. The summed E-state index contributed by atoms with van der Waals surface area (Å²) in [4.78, 5) is 13.5. The molecule has 1 N–H and O–H groups in total. The van der Waals surface area contributed by atoms with Crippen LogP contribution in [0.5, 0.6) is 0 Å². The average molecular weight is 282 g/mol. The lowest BCUT2D eigenvalue weighted by Crippen LogP contribution is -2.40. The Labute approximate surface area is 113 Å². The van der Waals surface area contributed by atoms with Crippen LogP contribution in [0.15, 0.2) is 24.3 Å². The number of nitrogens with one attached hydrogen (secondary N) is 1. The van der Waals surface area contributed by atoms with E-state index in [1.807, 2.05) is 31.2 Å². The number of rotatable bonds is 2. The molecule has 1 aliphatic rings. The minimum absolute atomic E-state index is 0.0603. The maximum atomic E-state index is 12.0. The zero-order chi connectivity index (χ0) is 14.0. The van der Waals surface area contributed by atoms with Gasteiger partial charge in [0.2, 0.25) is 0 Å². The van der Waals surface area contributed by atoms with E-state index in [1.54, 1.807) is 7.05 Å². The Morgan fingerprint density at radius 1 is 1.32 bits per heavy atom. The fourth-order valence-electron chi connectivity index (χ4n) is 2.10. The van der Waals surface area contributed by atoms with Gasteiger partial charge in [0, 0.05) is 18.8 Å². The summed E-state index contributed by atoms with van der Waals surface area (Å²) < 4.78 is 22.8. The van der Waals surface area contributed by atoms with Crippen molar-refractivity contribution < 1.29 is 13.2 Å². The molecule has 0 aliphatic carbocycles. The minimum Gasteiger partial charge on any atom is -0.324 e. The molecular formula is C13H18N2O3S. The molecule has 2 amide bonds. The molecule has 5 nitrogen and oxygen atoms in total. The molecule has 0 bridgehead atoms. The molecule has 0 radical (unpaired) electrons. The second-order valence-electron chi connectivity index (χ2n) is 4.96. The maximum absolute atomic E-state index is 12.0. The van der Waals surface area contributed by atoms with E-state index in [-0.39, 0.29) is 23.6 Å². The molecule has 1 aromatic carbocycles. The summed E-state index contributed by atoms with van der Waals surface area (Å²) in [6.07, 6.45) is 0.514. The van der Waals surface area contributed by atoms with Crippen LogP contribution >= 0.6 is 0 Å². The van der Waals surface area contributed by atoms with E-state index in [0.29, 0.717) is 12.1 Å². The molecule has 1 atom stereocenters. The Morgan fingerprint density at radius 3 is 2.47 bits per heavy atom. The number of anilines is 1. The van der Waals surface area contributed by atoms with Crippen molar-refractivity contribution in [2.45, 2.75) is 19.4 Å². The fourth-order valence-corrected chi connectivity index (χ4v) is 3.87. The summed E-state index contributed by atoms with van der Waals surface area (Å²) in [7, 11) is -1.34. The molecule has 1 aliphatic heterocycles. The fraction of sp³-hybridized carbons (Fsp3) is 0.462. The lowest BCUT2D eigenvalue weighted by atomic mass is 10.2. The normalized spacial score (nSPS) is 21.1. The molecule has 0 spiro atoms. The van der Waals surface area contributed by atoms with Gasteiger partial charge in [-0.15, -0.1) is 0 Å². The van der Waals surface area contributed by atoms with Gasteiger partial charge in [-0.05, 0) is 25.5 Å². The molecule has 1 saturated heterocycles. The predicted molar refractivity (Wildman–Crippen MR) is 75.0 cm³/mol. The van der Waals surface area contributed by atoms with Crippen molar-refractivity contribution >= 4 is 21.6 Å². The first kappa shape index (κ1) is 13.9. The first-order valence-electron chi connectivity index (χ1n) is 6.18. The van der Waals surface area contributed by atoms with E-state index in [0.717, 1.165) is 5.56 Å². The Hall–Kier alpha value is -1.56. The molecule has 1 heterocycles. The molecule has 6 heteroatoms. The Balaban J connectivity index is 1.98. The first-order valence-corrected chi connectivity index (χ1v) is 8.00. The summed E-state index contributed by atoms with van der Waals surface area (Å²) in [6.45, 7) is 1.97. The van der Waals surface area contributed by atoms with E-state index in [9.17, 15) is 13.2 Å². The van der Waals surface area contributed by atoms with Crippen molar-refractivity contribution in [3.63, 3.8) is 0 Å². The highest BCUT2D eigenvalue weighted by Crippen LogP contribution is 2.17. The number of hydrogen-bond acceptors (Lipinski definition) is 3. The van der Waals surface area contributed by atoms with Crippen molar-refractivity contribution in [3.8, 4) is 0 Å². The van der Waals surface area contributed by atoms with Gasteiger partial charge in [0.1, 0.15) is 0 Å². The van der Waals surface area contributed by atoms with Crippen molar-refractivity contribution in [1.82, 2.24) is 4.90 Å². The molecular weight excluding hydrogens is 264 g/mol. The van der Waals surface area contributed by atoms with E-state index in [2.05, 4.69) is 5.32 Å². The largest absolute Gasteiger partial charge is 0.324 e. The van der Waals surface area contributed by atoms with Crippen LogP contribution in [0.25, 0.3) is 0 Å². The molecule has 19 heavy (non-hydrogen) atoms. The van der Waals surface area contributed by atoms with Crippen LogP contribution < -0.4 is 5.32 Å². The summed E-state index contributed by atoms with van der Waals surface area (Å²) in [5.74, 6) is 0.227. The number of hydrogen-bond donors (Lipinski definition) is 1. The van der Waals surface area contributed by atoms with Crippen LogP contribution in [0.1, 0.15) is 12.0 Å². The maximum Gasteiger partial charge on any atom is 0.321 e. The van der Waals surface area contributed by atoms with E-state index < -0.39 is 9.84 Å². The summed E-state index contributed by atoms with van der Waals surface area (Å²) in [5.41, 5.74) is 1.83. The van der Waals surface area contributed by atoms with Gasteiger partial charge in [-0.1, -0.05) is 17.7 Å². The van der Waals surface area contributed by atoms with Gasteiger partial charge in [0.05, 0.1) is 11.5 Å². The number of amides is 2. The van der Waals surface area contributed by atoms with Gasteiger partial charge in [-0.25, -0.2) is 13.2 Å². The van der Waals surface area contributed by atoms with Gasteiger partial charge in [-0.2, -0.15) is 0 Å². The lowest BCUT2D eigenvalue weighted by molar-refractivity contribution is 0.209. The van der Waals surface area contributed by atoms with Crippen LogP contribution in [0.4, 0.5) is 10.5 Å². The van der Waals surface area contributed by atoms with Crippen molar-refractivity contribution in [3.05, 3.63) is 29.8 Å². The van der Waals surface area contributed by atoms with Crippen molar-refractivity contribution in [2.24, 2.45) is 0 Å². The standard InChI is InChI=1S/C13H18N2O3S/c1-10-3-5-11(6-4-10)14-13(16)15(2)12-7-8-19(17,18)9-12/h3-6,12H,7-9H2,1-2H3,(H,14,16). The number of carbonyl (C=O) groups is 1. The van der Waals surface area contributed by atoms with Crippen LogP contribution in [0.2, 0.25) is 0 Å². The first-order chi connectivity index (χ1) is 8.87. The summed E-state index contributed by atoms with van der Waals surface area (Å²) in [5, 5.41) is 2.77. The Morgan fingerprint density at radius 2 is 1.95 bits per heavy atom. The monoisotopic (exact) mass is 282 g/mol. The third kappa shape index (κ3) is 3.47. The number of sulfone groups is 1. The zero-order valence-electron chi connectivity index (χ0n) is 11.1. The number of nitrogens with zero attached hydrogens (tertiary/aromatic N) is 1. The number of carbonyl (C=O) groups excluding carboxylic acids is 1. The third-order valence-electron chi connectivity index (χ3n) is 3.38. The Kier molecular flexibility index (Phi) is 3.80. The van der Waals surface area contributed by atoms with Crippen LogP contribution in [-0.2, 0) is 9.84 Å². The van der Waals surface area contributed by atoms with E-state index >= 15 is 0 Å². The van der Waals surface area contributed by atoms with Crippen LogP contribution in [-0.4, -0.2) is 43.9 Å². The molecule has 104 valence electrons. The zero-order valence-corrected chi connectivity index (χ0v) is 11.9. The molecule has 1 fully saturated rings. The van der Waals surface area contributed by atoms with Crippen molar-refractivity contribution in [1.29, 1.82) is 0 Å². The van der Waals surface area contributed by atoms with Gasteiger partial charge in [-0.3, -0.25) is 0 Å². The molecule has 2 rings (SSSR count). The third-order valence-corrected chi connectivity index (χ3v) is 5.13. The Bertz CT molecular complexity index is 566. The van der Waals surface area contributed by atoms with Gasteiger partial charge < -0.3 is 10.2 Å². The minimum atomic E-state index is -2.97.